The molecular weight excluding hydrogens is 212 g/mol. The van der Waals surface area contributed by atoms with Gasteiger partial charge in [-0.2, -0.15) is 0 Å². The Morgan fingerprint density at radius 2 is 1.94 bits per heavy atom. The number of carbonyl (C=O) groups excluding carboxylic acids is 1. The number of ether oxygens (including phenoxy) is 1. The zero-order chi connectivity index (χ0) is 12.9. The Labute approximate surface area is 103 Å². The summed E-state index contributed by atoms with van der Waals surface area (Å²) < 4.78 is 5.53. The molecule has 0 amide bonds. The third kappa shape index (κ3) is 4.06. The SMILES string of the molecule is C=CCC(OC(=O)c1ccccc1)C(C)(C)C. The second kappa shape index (κ2) is 5.67. The average molecular weight is 232 g/mol. The average Bonchev–Trinajstić information content (AvgIpc) is 2.28. The van der Waals surface area contributed by atoms with Gasteiger partial charge in [-0.3, -0.25) is 0 Å². The molecule has 0 saturated carbocycles. The highest BCUT2D eigenvalue weighted by molar-refractivity contribution is 5.89. The van der Waals surface area contributed by atoms with Crippen molar-refractivity contribution in [2.45, 2.75) is 33.3 Å². The lowest BCUT2D eigenvalue weighted by molar-refractivity contribution is -0.00134. The lowest BCUT2D eigenvalue weighted by Gasteiger charge is -2.29. The third-order valence-electron chi connectivity index (χ3n) is 2.61. The standard InChI is InChI=1S/C15H20O2/c1-5-9-13(15(2,3)4)17-14(16)12-10-7-6-8-11-12/h5-8,10-11,13H,1,9H2,2-4H3. The molecule has 1 unspecified atom stereocenters. The fraction of sp³-hybridized carbons (Fsp3) is 0.400. The highest BCUT2D eigenvalue weighted by atomic mass is 16.5. The number of hydrogen-bond donors (Lipinski definition) is 0. The molecule has 1 aromatic carbocycles. The molecule has 2 heteroatoms. The molecule has 92 valence electrons. The van der Waals surface area contributed by atoms with Crippen LogP contribution in [0, 0.1) is 5.41 Å². The van der Waals surface area contributed by atoms with Crippen LogP contribution in [0.4, 0.5) is 0 Å². The van der Waals surface area contributed by atoms with Crippen molar-refractivity contribution >= 4 is 5.97 Å². The Morgan fingerprint density at radius 1 is 1.35 bits per heavy atom. The maximum Gasteiger partial charge on any atom is 0.338 e. The molecule has 0 spiro atoms. The number of carbonyl (C=O) groups is 1. The van der Waals surface area contributed by atoms with Crippen molar-refractivity contribution in [3.63, 3.8) is 0 Å². The van der Waals surface area contributed by atoms with Gasteiger partial charge in [0.1, 0.15) is 6.10 Å². The van der Waals surface area contributed by atoms with Gasteiger partial charge in [0.05, 0.1) is 5.56 Å². The zero-order valence-corrected chi connectivity index (χ0v) is 10.8. The quantitative estimate of drug-likeness (QED) is 0.582. The van der Waals surface area contributed by atoms with Crippen molar-refractivity contribution in [1.29, 1.82) is 0 Å². The summed E-state index contributed by atoms with van der Waals surface area (Å²) in [4.78, 5) is 11.9. The molecule has 2 nitrogen and oxygen atoms in total. The number of benzene rings is 1. The molecule has 0 aliphatic carbocycles. The first-order valence-corrected chi connectivity index (χ1v) is 5.82. The summed E-state index contributed by atoms with van der Waals surface area (Å²) in [7, 11) is 0. The van der Waals surface area contributed by atoms with Crippen LogP contribution in [0.25, 0.3) is 0 Å². The van der Waals surface area contributed by atoms with Crippen LogP contribution in [0.15, 0.2) is 43.0 Å². The molecule has 0 aromatic heterocycles. The normalized spacial score (nSPS) is 12.9. The van der Waals surface area contributed by atoms with E-state index in [1.54, 1.807) is 18.2 Å². The van der Waals surface area contributed by atoms with Crippen molar-refractivity contribution in [1.82, 2.24) is 0 Å². The predicted octanol–water partition coefficient (Wildman–Crippen LogP) is 3.83. The van der Waals surface area contributed by atoms with E-state index in [1.807, 2.05) is 18.2 Å². The molecule has 0 saturated heterocycles. The topological polar surface area (TPSA) is 26.3 Å². The second-order valence-electron chi connectivity index (χ2n) is 5.15. The molecule has 0 aliphatic heterocycles. The van der Waals surface area contributed by atoms with E-state index < -0.39 is 0 Å². The predicted molar refractivity (Wildman–Crippen MR) is 69.9 cm³/mol. The lowest BCUT2D eigenvalue weighted by Crippen LogP contribution is -2.31. The molecule has 0 bridgehead atoms. The lowest BCUT2D eigenvalue weighted by atomic mass is 9.87. The first-order chi connectivity index (χ1) is 7.95. The van der Waals surface area contributed by atoms with Crippen molar-refractivity contribution in [2.75, 3.05) is 0 Å². The minimum atomic E-state index is -0.271. The smallest absolute Gasteiger partial charge is 0.338 e. The van der Waals surface area contributed by atoms with Crippen LogP contribution >= 0.6 is 0 Å². The van der Waals surface area contributed by atoms with Gasteiger partial charge in [0.15, 0.2) is 0 Å². The van der Waals surface area contributed by atoms with Gasteiger partial charge >= 0.3 is 5.97 Å². The first-order valence-electron chi connectivity index (χ1n) is 5.82. The summed E-state index contributed by atoms with van der Waals surface area (Å²) in [5.41, 5.74) is 0.504. The van der Waals surface area contributed by atoms with Crippen LogP contribution in [-0.4, -0.2) is 12.1 Å². The summed E-state index contributed by atoms with van der Waals surface area (Å²) in [6.07, 6.45) is 2.31. The summed E-state index contributed by atoms with van der Waals surface area (Å²) in [5.74, 6) is -0.271. The molecule has 0 heterocycles. The third-order valence-corrected chi connectivity index (χ3v) is 2.61. The number of hydrogen-bond acceptors (Lipinski definition) is 2. The minimum Gasteiger partial charge on any atom is -0.458 e. The van der Waals surface area contributed by atoms with Gasteiger partial charge in [0.25, 0.3) is 0 Å². The van der Waals surface area contributed by atoms with Gasteiger partial charge in [0.2, 0.25) is 0 Å². The van der Waals surface area contributed by atoms with Crippen molar-refractivity contribution < 1.29 is 9.53 Å². The molecular formula is C15H20O2. The van der Waals surface area contributed by atoms with E-state index in [1.165, 1.54) is 0 Å². The molecule has 0 radical (unpaired) electrons. The largest absolute Gasteiger partial charge is 0.458 e. The number of rotatable bonds is 4. The highest BCUT2D eigenvalue weighted by Crippen LogP contribution is 2.26. The van der Waals surface area contributed by atoms with Gasteiger partial charge in [-0.25, -0.2) is 4.79 Å². The van der Waals surface area contributed by atoms with Gasteiger partial charge in [-0.05, 0) is 17.5 Å². The Balaban J connectivity index is 2.75. The second-order valence-corrected chi connectivity index (χ2v) is 5.15. The van der Waals surface area contributed by atoms with Crippen molar-refractivity contribution in [2.24, 2.45) is 5.41 Å². The maximum absolute atomic E-state index is 11.9. The van der Waals surface area contributed by atoms with E-state index in [0.29, 0.717) is 12.0 Å². The van der Waals surface area contributed by atoms with E-state index in [2.05, 4.69) is 27.4 Å². The molecule has 1 atom stereocenters. The molecule has 17 heavy (non-hydrogen) atoms. The van der Waals surface area contributed by atoms with Crippen molar-refractivity contribution in [3.8, 4) is 0 Å². The monoisotopic (exact) mass is 232 g/mol. The van der Waals surface area contributed by atoms with Crippen molar-refractivity contribution in [3.05, 3.63) is 48.6 Å². The van der Waals surface area contributed by atoms with Crippen LogP contribution in [0.1, 0.15) is 37.6 Å². The summed E-state index contributed by atoms with van der Waals surface area (Å²) in [5, 5.41) is 0. The molecule has 0 aliphatic rings. The van der Waals surface area contributed by atoms with Gasteiger partial charge < -0.3 is 4.74 Å². The van der Waals surface area contributed by atoms with Crippen LogP contribution < -0.4 is 0 Å². The Bertz CT molecular complexity index is 374. The van der Waals surface area contributed by atoms with E-state index >= 15 is 0 Å². The van der Waals surface area contributed by atoms with Gasteiger partial charge in [0, 0.05) is 6.42 Å². The Morgan fingerprint density at radius 3 is 2.41 bits per heavy atom. The molecule has 0 fully saturated rings. The number of esters is 1. The van der Waals surface area contributed by atoms with Crippen LogP contribution in [0.3, 0.4) is 0 Å². The van der Waals surface area contributed by atoms with E-state index in [0.717, 1.165) is 0 Å². The van der Waals surface area contributed by atoms with E-state index in [4.69, 9.17) is 4.74 Å². The van der Waals surface area contributed by atoms with Gasteiger partial charge in [-0.15, -0.1) is 6.58 Å². The summed E-state index contributed by atoms with van der Waals surface area (Å²) in [6.45, 7) is 9.87. The molecule has 0 N–H and O–H groups in total. The first kappa shape index (κ1) is 13.5. The maximum atomic E-state index is 11.9. The highest BCUT2D eigenvalue weighted by Gasteiger charge is 2.27. The van der Waals surface area contributed by atoms with Crippen LogP contribution in [0.5, 0.6) is 0 Å². The fourth-order valence-corrected chi connectivity index (χ4v) is 1.50. The van der Waals surface area contributed by atoms with E-state index in [-0.39, 0.29) is 17.5 Å². The Kier molecular flexibility index (Phi) is 4.50. The molecule has 1 rings (SSSR count). The minimum absolute atomic E-state index is 0.0847. The van der Waals surface area contributed by atoms with Crippen LogP contribution in [0.2, 0.25) is 0 Å². The van der Waals surface area contributed by atoms with Gasteiger partial charge in [-0.1, -0.05) is 45.0 Å². The van der Waals surface area contributed by atoms with E-state index in [9.17, 15) is 4.79 Å². The van der Waals surface area contributed by atoms with Crippen LogP contribution in [-0.2, 0) is 4.74 Å². The molecule has 1 aromatic rings. The Hall–Kier alpha value is -1.57. The fourth-order valence-electron chi connectivity index (χ4n) is 1.50. The summed E-state index contributed by atoms with van der Waals surface area (Å²) in [6, 6.07) is 9.06. The zero-order valence-electron chi connectivity index (χ0n) is 10.8. The summed E-state index contributed by atoms with van der Waals surface area (Å²) >= 11 is 0.